The molecule has 1 nitrogen and oxygen atoms in total. The van der Waals surface area contributed by atoms with E-state index in [1.165, 1.54) is 44.9 Å². The molecule has 0 aromatic rings. The summed E-state index contributed by atoms with van der Waals surface area (Å²) in [7, 11) is 0. The first-order chi connectivity index (χ1) is 6.84. The van der Waals surface area contributed by atoms with Gasteiger partial charge in [0.2, 0.25) is 0 Å². The van der Waals surface area contributed by atoms with Gasteiger partial charge in [-0.1, -0.05) is 44.3 Å². The van der Waals surface area contributed by atoms with Crippen LogP contribution in [0, 0.1) is 11.8 Å². The number of rotatable bonds is 2. The van der Waals surface area contributed by atoms with E-state index in [-0.39, 0.29) is 6.10 Å². The number of aliphatic hydroxyl groups excluding tert-OH is 1. The van der Waals surface area contributed by atoms with Gasteiger partial charge < -0.3 is 5.11 Å². The zero-order valence-corrected chi connectivity index (χ0v) is 8.99. The monoisotopic (exact) mass is 194 g/mol. The molecule has 2 rings (SSSR count). The minimum Gasteiger partial charge on any atom is -0.389 e. The average Bonchev–Trinajstić information content (AvgIpc) is 2.23. The van der Waals surface area contributed by atoms with Crippen LogP contribution in [0.4, 0.5) is 0 Å². The summed E-state index contributed by atoms with van der Waals surface area (Å²) in [6, 6.07) is 0. The van der Waals surface area contributed by atoms with Gasteiger partial charge in [-0.15, -0.1) is 0 Å². The first kappa shape index (κ1) is 10.2. The summed E-state index contributed by atoms with van der Waals surface area (Å²) in [5.74, 6) is 1.75. The van der Waals surface area contributed by atoms with Crippen LogP contribution >= 0.6 is 0 Å². The highest BCUT2D eigenvalue weighted by Gasteiger charge is 2.20. The molecule has 2 atom stereocenters. The largest absolute Gasteiger partial charge is 0.389 e. The molecule has 0 bridgehead atoms. The van der Waals surface area contributed by atoms with Crippen molar-refractivity contribution in [3.63, 3.8) is 0 Å². The van der Waals surface area contributed by atoms with Crippen LogP contribution in [-0.4, -0.2) is 11.2 Å². The summed E-state index contributed by atoms with van der Waals surface area (Å²) in [4.78, 5) is 0. The quantitative estimate of drug-likeness (QED) is 0.669. The number of hydrogen-bond acceptors (Lipinski definition) is 1. The molecule has 0 saturated heterocycles. The normalized spacial score (nSPS) is 34.6. The summed E-state index contributed by atoms with van der Waals surface area (Å²) in [5.41, 5.74) is 0. The maximum Gasteiger partial charge on any atom is 0.0721 e. The van der Waals surface area contributed by atoms with Gasteiger partial charge >= 0.3 is 0 Å². The van der Waals surface area contributed by atoms with Crippen LogP contribution in [-0.2, 0) is 0 Å². The van der Waals surface area contributed by atoms with E-state index in [1.807, 2.05) is 6.08 Å². The summed E-state index contributed by atoms with van der Waals surface area (Å²) < 4.78 is 0. The molecule has 0 amide bonds. The fourth-order valence-corrected chi connectivity index (χ4v) is 2.91. The first-order valence-corrected chi connectivity index (χ1v) is 6.21. The van der Waals surface area contributed by atoms with Gasteiger partial charge in [0, 0.05) is 0 Å². The summed E-state index contributed by atoms with van der Waals surface area (Å²) >= 11 is 0. The third-order valence-electron chi connectivity index (χ3n) is 3.80. The van der Waals surface area contributed by atoms with E-state index in [2.05, 4.69) is 6.08 Å². The molecule has 0 spiro atoms. The van der Waals surface area contributed by atoms with Gasteiger partial charge in [0.15, 0.2) is 0 Å². The highest BCUT2D eigenvalue weighted by Crippen LogP contribution is 2.32. The lowest BCUT2D eigenvalue weighted by molar-refractivity contribution is 0.186. The first-order valence-electron chi connectivity index (χ1n) is 6.21. The number of allylic oxidation sites excluding steroid dienone is 1. The van der Waals surface area contributed by atoms with Crippen molar-refractivity contribution in [1.82, 2.24) is 0 Å². The standard InChI is InChI=1S/C13H22O/c14-13-8-6-12(7-9-13)10-11-4-2-1-3-5-11/h6,8,11-14H,1-5,7,9-10H2. The topological polar surface area (TPSA) is 20.2 Å². The van der Waals surface area contributed by atoms with Crippen molar-refractivity contribution in [3.05, 3.63) is 12.2 Å². The molecular weight excluding hydrogens is 172 g/mol. The Morgan fingerprint density at radius 3 is 2.36 bits per heavy atom. The van der Waals surface area contributed by atoms with Gasteiger partial charge in [0.25, 0.3) is 0 Å². The van der Waals surface area contributed by atoms with Crippen LogP contribution in [0.15, 0.2) is 12.2 Å². The predicted octanol–water partition coefficient (Wildman–Crippen LogP) is 3.28. The van der Waals surface area contributed by atoms with E-state index < -0.39 is 0 Å². The van der Waals surface area contributed by atoms with Crippen LogP contribution in [0.1, 0.15) is 51.4 Å². The minimum atomic E-state index is -0.155. The Labute approximate surface area is 87.2 Å². The van der Waals surface area contributed by atoms with Crippen molar-refractivity contribution in [3.8, 4) is 0 Å². The van der Waals surface area contributed by atoms with E-state index >= 15 is 0 Å². The third-order valence-corrected chi connectivity index (χ3v) is 3.80. The zero-order valence-electron chi connectivity index (χ0n) is 8.99. The molecule has 0 heterocycles. The van der Waals surface area contributed by atoms with Crippen LogP contribution < -0.4 is 0 Å². The van der Waals surface area contributed by atoms with Crippen molar-refractivity contribution in [1.29, 1.82) is 0 Å². The van der Waals surface area contributed by atoms with Gasteiger partial charge in [-0.3, -0.25) is 0 Å². The summed E-state index contributed by atoms with van der Waals surface area (Å²) in [6.07, 6.45) is 14.9. The molecule has 1 fully saturated rings. The van der Waals surface area contributed by atoms with Crippen LogP contribution in [0.3, 0.4) is 0 Å². The summed E-state index contributed by atoms with van der Waals surface area (Å²) in [5, 5.41) is 9.35. The van der Waals surface area contributed by atoms with Crippen molar-refractivity contribution in [2.24, 2.45) is 11.8 Å². The van der Waals surface area contributed by atoms with Crippen molar-refractivity contribution in [2.75, 3.05) is 0 Å². The minimum absolute atomic E-state index is 0.155. The molecule has 0 aromatic heterocycles. The molecule has 14 heavy (non-hydrogen) atoms. The van der Waals surface area contributed by atoms with Crippen LogP contribution in [0.25, 0.3) is 0 Å². The second-order valence-corrected chi connectivity index (χ2v) is 5.03. The maximum atomic E-state index is 9.35. The molecule has 0 radical (unpaired) electrons. The highest BCUT2D eigenvalue weighted by atomic mass is 16.3. The van der Waals surface area contributed by atoms with Crippen molar-refractivity contribution >= 4 is 0 Å². The van der Waals surface area contributed by atoms with Crippen LogP contribution in [0.5, 0.6) is 0 Å². The third kappa shape index (κ3) is 2.84. The molecule has 0 aliphatic heterocycles. The SMILES string of the molecule is OC1C=CC(CC2CCCCC2)CC1. The van der Waals surface area contributed by atoms with E-state index in [4.69, 9.17) is 0 Å². The molecule has 2 unspecified atom stereocenters. The summed E-state index contributed by atoms with van der Waals surface area (Å²) in [6.45, 7) is 0. The number of aliphatic hydroxyl groups is 1. The Kier molecular flexibility index (Phi) is 3.63. The van der Waals surface area contributed by atoms with Gasteiger partial charge in [-0.25, -0.2) is 0 Å². The van der Waals surface area contributed by atoms with E-state index in [0.717, 1.165) is 18.3 Å². The molecule has 1 heteroatoms. The Morgan fingerprint density at radius 2 is 1.71 bits per heavy atom. The Morgan fingerprint density at radius 1 is 0.929 bits per heavy atom. The van der Waals surface area contributed by atoms with Gasteiger partial charge in [-0.2, -0.15) is 0 Å². The second kappa shape index (κ2) is 4.97. The van der Waals surface area contributed by atoms with Gasteiger partial charge in [0.1, 0.15) is 0 Å². The molecular formula is C13H22O. The Hall–Kier alpha value is -0.300. The average molecular weight is 194 g/mol. The fourth-order valence-electron chi connectivity index (χ4n) is 2.91. The Bertz CT molecular complexity index is 191. The highest BCUT2D eigenvalue weighted by molar-refractivity contribution is 4.98. The molecule has 1 N–H and O–H groups in total. The van der Waals surface area contributed by atoms with E-state index in [1.54, 1.807) is 0 Å². The molecule has 0 aromatic carbocycles. The lowest BCUT2D eigenvalue weighted by Crippen LogP contribution is -2.16. The predicted molar refractivity (Wildman–Crippen MR) is 59.1 cm³/mol. The fraction of sp³-hybridized carbons (Fsp3) is 0.846. The van der Waals surface area contributed by atoms with Crippen molar-refractivity contribution in [2.45, 2.75) is 57.5 Å². The van der Waals surface area contributed by atoms with Crippen LogP contribution in [0.2, 0.25) is 0 Å². The lowest BCUT2D eigenvalue weighted by atomic mass is 9.80. The van der Waals surface area contributed by atoms with Gasteiger partial charge in [-0.05, 0) is 31.1 Å². The Balaban J connectivity index is 1.76. The zero-order chi connectivity index (χ0) is 9.80. The molecule has 2 aliphatic carbocycles. The smallest absolute Gasteiger partial charge is 0.0721 e. The van der Waals surface area contributed by atoms with Crippen molar-refractivity contribution < 1.29 is 5.11 Å². The molecule has 80 valence electrons. The molecule has 1 saturated carbocycles. The number of hydrogen-bond donors (Lipinski definition) is 1. The lowest BCUT2D eigenvalue weighted by Gasteiger charge is -2.27. The van der Waals surface area contributed by atoms with Gasteiger partial charge in [0.05, 0.1) is 6.10 Å². The maximum absolute atomic E-state index is 9.35. The molecule has 2 aliphatic rings. The van der Waals surface area contributed by atoms with E-state index in [0.29, 0.717) is 0 Å². The second-order valence-electron chi connectivity index (χ2n) is 5.03. The van der Waals surface area contributed by atoms with E-state index in [9.17, 15) is 5.11 Å².